The van der Waals surface area contributed by atoms with Crippen LogP contribution in [0, 0.1) is 0 Å². The molecule has 0 saturated carbocycles. The third-order valence-electron chi connectivity index (χ3n) is 4.57. The third-order valence-corrected chi connectivity index (χ3v) is 4.57. The van der Waals surface area contributed by atoms with Gasteiger partial charge in [-0.25, -0.2) is 0 Å². The zero-order chi connectivity index (χ0) is 12.6. The van der Waals surface area contributed by atoms with E-state index in [0.717, 1.165) is 26.2 Å². The molecule has 2 fully saturated rings. The van der Waals surface area contributed by atoms with Gasteiger partial charge in [0, 0.05) is 37.3 Å². The molecule has 0 aromatic heterocycles. The second kappa shape index (κ2) is 4.84. The number of nitrogens with two attached hydrogens (primary N) is 1. The smallest absolute Gasteiger partial charge is 0.0675 e. The minimum atomic E-state index is 0.158. The van der Waals surface area contributed by atoms with E-state index >= 15 is 0 Å². The highest BCUT2D eigenvalue weighted by molar-refractivity contribution is 5.04. The van der Waals surface area contributed by atoms with Crippen molar-refractivity contribution < 1.29 is 4.74 Å². The fraction of sp³-hybridized carbons (Fsp3) is 1.00. The second-order valence-corrected chi connectivity index (χ2v) is 6.04. The van der Waals surface area contributed by atoms with Gasteiger partial charge in [-0.15, -0.1) is 0 Å². The summed E-state index contributed by atoms with van der Waals surface area (Å²) < 4.78 is 5.73. The second-order valence-electron chi connectivity index (χ2n) is 6.04. The van der Waals surface area contributed by atoms with E-state index in [4.69, 9.17) is 10.5 Å². The summed E-state index contributed by atoms with van der Waals surface area (Å²) >= 11 is 0. The maximum absolute atomic E-state index is 6.12. The van der Waals surface area contributed by atoms with E-state index in [0.29, 0.717) is 18.2 Å². The van der Waals surface area contributed by atoms with E-state index in [1.54, 1.807) is 0 Å². The molecule has 0 aliphatic carbocycles. The Balaban J connectivity index is 2.17. The van der Waals surface area contributed by atoms with Crippen LogP contribution in [0.5, 0.6) is 0 Å². The van der Waals surface area contributed by atoms with Gasteiger partial charge < -0.3 is 15.4 Å². The number of hydrogen-bond donors (Lipinski definition) is 1. The fourth-order valence-electron chi connectivity index (χ4n) is 3.43. The van der Waals surface area contributed by atoms with Crippen molar-refractivity contribution in [3.8, 4) is 0 Å². The number of morpholine rings is 1. The quantitative estimate of drug-likeness (QED) is 0.765. The molecule has 0 radical (unpaired) electrons. The van der Waals surface area contributed by atoms with Gasteiger partial charge in [-0.1, -0.05) is 0 Å². The fourth-order valence-corrected chi connectivity index (χ4v) is 3.43. The Morgan fingerprint density at radius 1 is 1.29 bits per heavy atom. The van der Waals surface area contributed by atoms with Crippen LogP contribution in [-0.4, -0.2) is 66.8 Å². The van der Waals surface area contributed by atoms with Crippen molar-refractivity contribution in [1.82, 2.24) is 9.80 Å². The average molecular weight is 241 g/mol. The molecule has 0 spiro atoms. The maximum Gasteiger partial charge on any atom is 0.0675 e. The Kier molecular flexibility index (Phi) is 3.78. The van der Waals surface area contributed by atoms with Crippen molar-refractivity contribution in [2.75, 3.05) is 33.3 Å². The summed E-state index contributed by atoms with van der Waals surface area (Å²) in [6.07, 6.45) is 1.51. The van der Waals surface area contributed by atoms with Crippen LogP contribution in [0.25, 0.3) is 0 Å². The first kappa shape index (κ1) is 13.3. The molecule has 100 valence electrons. The van der Waals surface area contributed by atoms with Crippen molar-refractivity contribution >= 4 is 0 Å². The number of hydrogen-bond acceptors (Lipinski definition) is 4. The summed E-state index contributed by atoms with van der Waals surface area (Å²) in [6.45, 7) is 10.4. The zero-order valence-electron chi connectivity index (χ0n) is 11.6. The maximum atomic E-state index is 6.12. The molecule has 4 nitrogen and oxygen atoms in total. The monoisotopic (exact) mass is 241 g/mol. The van der Waals surface area contributed by atoms with Gasteiger partial charge in [0.15, 0.2) is 0 Å². The van der Waals surface area contributed by atoms with Gasteiger partial charge >= 0.3 is 0 Å². The Hall–Kier alpha value is -0.160. The van der Waals surface area contributed by atoms with Crippen molar-refractivity contribution in [3.05, 3.63) is 0 Å². The van der Waals surface area contributed by atoms with Gasteiger partial charge in [0.05, 0.1) is 12.7 Å². The normalized spacial score (nSPS) is 45.4. The minimum absolute atomic E-state index is 0.158. The van der Waals surface area contributed by atoms with E-state index in [-0.39, 0.29) is 5.54 Å². The highest BCUT2D eigenvalue weighted by Gasteiger charge is 2.47. The number of nitrogens with zero attached hydrogens (tertiary/aromatic N) is 2. The summed E-state index contributed by atoms with van der Waals surface area (Å²) in [5, 5.41) is 0. The molecule has 4 heteroatoms. The zero-order valence-corrected chi connectivity index (χ0v) is 11.6. The largest absolute Gasteiger partial charge is 0.376 e. The molecule has 2 N–H and O–H groups in total. The van der Waals surface area contributed by atoms with Crippen LogP contribution < -0.4 is 5.73 Å². The Morgan fingerprint density at radius 3 is 2.53 bits per heavy atom. The lowest BCUT2D eigenvalue weighted by Crippen LogP contribution is -2.63. The summed E-state index contributed by atoms with van der Waals surface area (Å²) in [7, 11) is 2.20. The number of likely N-dealkylation sites (tertiary alicyclic amines) is 1. The average Bonchev–Trinajstić information content (AvgIpc) is 2.59. The molecule has 4 unspecified atom stereocenters. The summed E-state index contributed by atoms with van der Waals surface area (Å²) in [6, 6.07) is 1.11. The first-order valence-corrected chi connectivity index (χ1v) is 6.77. The lowest BCUT2D eigenvalue weighted by atomic mass is 9.91. The van der Waals surface area contributed by atoms with Crippen molar-refractivity contribution in [2.24, 2.45) is 5.73 Å². The number of ether oxygens (including phenoxy) is 1. The molecule has 2 aliphatic heterocycles. The molecule has 2 rings (SSSR count). The van der Waals surface area contributed by atoms with Crippen LogP contribution in [0.1, 0.15) is 27.2 Å². The molecule has 0 aromatic carbocycles. The SMILES string of the molecule is CC1CN(C2(CN)CC(C)N(C)C2)C(C)CO1. The lowest BCUT2D eigenvalue weighted by molar-refractivity contribution is -0.0896. The first-order valence-electron chi connectivity index (χ1n) is 6.77. The first-order chi connectivity index (χ1) is 7.98. The molecule has 4 atom stereocenters. The number of rotatable bonds is 2. The standard InChI is InChI=1S/C13H27N3O/c1-10-5-13(8-14,9-15(10)4)16-6-12(3)17-7-11(16)2/h10-12H,5-9,14H2,1-4H3. The van der Waals surface area contributed by atoms with Gasteiger partial charge in [0.25, 0.3) is 0 Å². The highest BCUT2D eigenvalue weighted by atomic mass is 16.5. The molecule has 0 aromatic rings. The van der Waals surface area contributed by atoms with Crippen LogP contribution in [0.3, 0.4) is 0 Å². The Morgan fingerprint density at radius 2 is 2.00 bits per heavy atom. The minimum Gasteiger partial charge on any atom is -0.376 e. The van der Waals surface area contributed by atoms with Gasteiger partial charge in [-0.2, -0.15) is 0 Å². The Bertz CT molecular complexity index is 261. The summed E-state index contributed by atoms with van der Waals surface area (Å²) in [5.41, 5.74) is 6.28. The Labute approximate surface area is 105 Å². The molecule has 2 aliphatic rings. The van der Waals surface area contributed by atoms with E-state index in [1.165, 1.54) is 6.42 Å². The molecular formula is C13H27N3O. The molecule has 2 saturated heterocycles. The van der Waals surface area contributed by atoms with Gasteiger partial charge in [-0.05, 0) is 34.2 Å². The van der Waals surface area contributed by atoms with E-state index < -0.39 is 0 Å². The predicted octanol–water partition coefficient (Wildman–Crippen LogP) is 0.517. The van der Waals surface area contributed by atoms with Crippen molar-refractivity contribution in [3.63, 3.8) is 0 Å². The topological polar surface area (TPSA) is 41.7 Å². The number of likely N-dealkylation sites (N-methyl/N-ethyl adjacent to an activating group) is 1. The summed E-state index contributed by atoms with van der Waals surface area (Å²) in [5.74, 6) is 0. The van der Waals surface area contributed by atoms with Crippen molar-refractivity contribution in [2.45, 2.75) is 50.9 Å². The van der Waals surface area contributed by atoms with Crippen LogP contribution in [0.2, 0.25) is 0 Å². The molecule has 0 amide bonds. The molecule has 0 bridgehead atoms. The van der Waals surface area contributed by atoms with Gasteiger partial charge in [0.1, 0.15) is 0 Å². The third kappa shape index (κ3) is 2.36. The van der Waals surface area contributed by atoms with Crippen LogP contribution in [-0.2, 0) is 4.74 Å². The predicted molar refractivity (Wildman–Crippen MR) is 70.1 cm³/mol. The highest BCUT2D eigenvalue weighted by Crippen LogP contribution is 2.33. The van der Waals surface area contributed by atoms with Gasteiger partial charge in [-0.3, -0.25) is 4.90 Å². The van der Waals surface area contributed by atoms with Crippen LogP contribution in [0.4, 0.5) is 0 Å². The molecule has 2 heterocycles. The summed E-state index contributed by atoms with van der Waals surface area (Å²) in [4.78, 5) is 5.03. The lowest BCUT2D eigenvalue weighted by Gasteiger charge is -2.48. The van der Waals surface area contributed by atoms with Crippen molar-refractivity contribution in [1.29, 1.82) is 0 Å². The van der Waals surface area contributed by atoms with Crippen LogP contribution >= 0.6 is 0 Å². The van der Waals surface area contributed by atoms with Gasteiger partial charge in [0.2, 0.25) is 0 Å². The van der Waals surface area contributed by atoms with E-state index in [9.17, 15) is 0 Å². The van der Waals surface area contributed by atoms with E-state index in [2.05, 4.69) is 37.6 Å². The van der Waals surface area contributed by atoms with Crippen LogP contribution in [0.15, 0.2) is 0 Å². The molecule has 17 heavy (non-hydrogen) atoms. The van der Waals surface area contributed by atoms with E-state index in [1.807, 2.05) is 0 Å². The molecular weight excluding hydrogens is 214 g/mol.